The summed E-state index contributed by atoms with van der Waals surface area (Å²) in [6.07, 6.45) is 0.271. The van der Waals surface area contributed by atoms with Crippen LogP contribution >= 0.6 is 0 Å². The van der Waals surface area contributed by atoms with Crippen LogP contribution in [0.2, 0.25) is 0 Å². The van der Waals surface area contributed by atoms with Gasteiger partial charge in [0.1, 0.15) is 5.75 Å². The van der Waals surface area contributed by atoms with Crippen LogP contribution in [0.15, 0.2) is 18.2 Å². The SMILES string of the molecule is COc1cc(C)ccc1C(C)NCC1CN(C)CCO1. The van der Waals surface area contributed by atoms with Gasteiger partial charge in [0.15, 0.2) is 0 Å². The Labute approximate surface area is 122 Å². The van der Waals surface area contributed by atoms with Gasteiger partial charge in [-0.2, -0.15) is 0 Å². The second-order valence-electron chi connectivity index (χ2n) is 5.63. The lowest BCUT2D eigenvalue weighted by Crippen LogP contribution is -2.45. The van der Waals surface area contributed by atoms with Crippen LogP contribution in [-0.2, 0) is 4.74 Å². The molecule has 0 aromatic heterocycles. The number of likely N-dealkylation sites (N-methyl/N-ethyl adjacent to an activating group) is 1. The summed E-state index contributed by atoms with van der Waals surface area (Å²) in [5.74, 6) is 0.951. The van der Waals surface area contributed by atoms with E-state index in [9.17, 15) is 0 Å². The highest BCUT2D eigenvalue weighted by molar-refractivity contribution is 5.39. The smallest absolute Gasteiger partial charge is 0.123 e. The maximum absolute atomic E-state index is 5.77. The van der Waals surface area contributed by atoms with Crippen molar-refractivity contribution in [2.75, 3.05) is 40.4 Å². The predicted molar refractivity (Wildman–Crippen MR) is 81.4 cm³/mol. The number of hydrogen-bond donors (Lipinski definition) is 1. The van der Waals surface area contributed by atoms with Crippen LogP contribution < -0.4 is 10.1 Å². The van der Waals surface area contributed by atoms with Crippen molar-refractivity contribution in [1.29, 1.82) is 0 Å². The first-order valence-electron chi connectivity index (χ1n) is 7.28. The summed E-state index contributed by atoms with van der Waals surface area (Å²) in [6.45, 7) is 7.95. The first-order valence-corrected chi connectivity index (χ1v) is 7.28. The number of rotatable bonds is 5. The van der Waals surface area contributed by atoms with Crippen LogP contribution in [-0.4, -0.2) is 51.4 Å². The van der Waals surface area contributed by atoms with E-state index in [4.69, 9.17) is 9.47 Å². The Morgan fingerprint density at radius 1 is 1.50 bits per heavy atom. The molecule has 0 saturated carbocycles. The van der Waals surface area contributed by atoms with Crippen LogP contribution in [0, 0.1) is 6.92 Å². The molecule has 0 spiro atoms. The molecule has 2 rings (SSSR count). The summed E-state index contributed by atoms with van der Waals surface area (Å²) in [5.41, 5.74) is 2.41. The number of aryl methyl sites for hydroxylation is 1. The first-order chi connectivity index (χ1) is 9.60. The van der Waals surface area contributed by atoms with E-state index in [1.165, 1.54) is 11.1 Å². The van der Waals surface area contributed by atoms with E-state index in [0.29, 0.717) is 0 Å². The minimum atomic E-state index is 0.251. The zero-order valence-corrected chi connectivity index (χ0v) is 13.0. The normalized spacial score (nSPS) is 21.7. The minimum Gasteiger partial charge on any atom is -0.496 e. The van der Waals surface area contributed by atoms with Gasteiger partial charge in [-0.25, -0.2) is 0 Å². The van der Waals surface area contributed by atoms with Crippen molar-refractivity contribution in [1.82, 2.24) is 10.2 Å². The number of hydrogen-bond acceptors (Lipinski definition) is 4. The molecule has 1 heterocycles. The molecule has 4 nitrogen and oxygen atoms in total. The summed E-state index contributed by atoms with van der Waals surface area (Å²) in [4.78, 5) is 2.31. The maximum Gasteiger partial charge on any atom is 0.123 e. The van der Waals surface area contributed by atoms with E-state index in [0.717, 1.165) is 32.0 Å². The lowest BCUT2D eigenvalue weighted by molar-refractivity contribution is -0.0191. The fourth-order valence-corrected chi connectivity index (χ4v) is 2.58. The quantitative estimate of drug-likeness (QED) is 0.893. The molecule has 0 amide bonds. The number of nitrogens with one attached hydrogen (secondary N) is 1. The Bertz CT molecular complexity index is 436. The molecule has 1 aromatic carbocycles. The van der Waals surface area contributed by atoms with Gasteiger partial charge >= 0.3 is 0 Å². The van der Waals surface area contributed by atoms with Crippen molar-refractivity contribution in [2.24, 2.45) is 0 Å². The average Bonchev–Trinajstić information content (AvgIpc) is 2.44. The molecule has 0 bridgehead atoms. The van der Waals surface area contributed by atoms with Gasteiger partial charge in [0, 0.05) is 31.2 Å². The summed E-state index contributed by atoms with van der Waals surface area (Å²) in [6, 6.07) is 6.60. The Morgan fingerprint density at radius 2 is 2.30 bits per heavy atom. The zero-order valence-electron chi connectivity index (χ0n) is 13.0. The molecule has 1 aromatic rings. The van der Waals surface area contributed by atoms with Crippen LogP contribution in [0.25, 0.3) is 0 Å². The summed E-state index contributed by atoms with van der Waals surface area (Å²) in [7, 11) is 3.87. The second kappa shape index (κ2) is 7.07. The highest BCUT2D eigenvalue weighted by Gasteiger charge is 2.19. The highest BCUT2D eigenvalue weighted by Crippen LogP contribution is 2.26. The predicted octanol–water partition coefficient (Wildman–Crippen LogP) is 1.98. The fourth-order valence-electron chi connectivity index (χ4n) is 2.58. The second-order valence-corrected chi connectivity index (χ2v) is 5.63. The van der Waals surface area contributed by atoms with Gasteiger partial charge in [-0.15, -0.1) is 0 Å². The van der Waals surface area contributed by atoms with Gasteiger partial charge in [-0.05, 0) is 32.5 Å². The van der Waals surface area contributed by atoms with Crippen molar-refractivity contribution in [3.05, 3.63) is 29.3 Å². The van der Waals surface area contributed by atoms with E-state index in [1.54, 1.807) is 7.11 Å². The van der Waals surface area contributed by atoms with E-state index < -0.39 is 0 Å². The van der Waals surface area contributed by atoms with Gasteiger partial charge in [0.2, 0.25) is 0 Å². The van der Waals surface area contributed by atoms with Crippen LogP contribution in [0.4, 0.5) is 0 Å². The molecule has 0 aliphatic carbocycles. The lowest BCUT2D eigenvalue weighted by Gasteiger charge is -2.31. The third-order valence-corrected chi connectivity index (χ3v) is 3.85. The van der Waals surface area contributed by atoms with Gasteiger partial charge in [0.05, 0.1) is 19.8 Å². The molecule has 1 N–H and O–H groups in total. The molecule has 1 aliphatic rings. The zero-order chi connectivity index (χ0) is 14.5. The van der Waals surface area contributed by atoms with Crippen molar-refractivity contribution in [3.8, 4) is 5.75 Å². The number of methoxy groups -OCH3 is 1. The highest BCUT2D eigenvalue weighted by atomic mass is 16.5. The van der Waals surface area contributed by atoms with Crippen LogP contribution in [0.5, 0.6) is 5.75 Å². The summed E-state index contributed by atoms with van der Waals surface area (Å²) < 4.78 is 11.3. The van der Waals surface area contributed by atoms with Gasteiger partial charge in [0.25, 0.3) is 0 Å². The third kappa shape index (κ3) is 3.95. The van der Waals surface area contributed by atoms with Gasteiger partial charge in [-0.3, -0.25) is 0 Å². The van der Waals surface area contributed by atoms with Crippen LogP contribution in [0.3, 0.4) is 0 Å². The molecule has 2 unspecified atom stereocenters. The molecule has 112 valence electrons. The lowest BCUT2D eigenvalue weighted by atomic mass is 10.0. The molecular formula is C16H26N2O2. The molecule has 20 heavy (non-hydrogen) atoms. The molecule has 2 atom stereocenters. The van der Waals surface area contributed by atoms with E-state index in [-0.39, 0.29) is 12.1 Å². The summed E-state index contributed by atoms with van der Waals surface area (Å²) in [5, 5.41) is 3.55. The van der Waals surface area contributed by atoms with Crippen molar-refractivity contribution < 1.29 is 9.47 Å². The maximum atomic E-state index is 5.77. The number of ether oxygens (including phenoxy) is 2. The van der Waals surface area contributed by atoms with E-state index in [2.05, 4.69) is 49.3 Å². The van der Waals surface area contributed by atoms with Crippen molar-refractivity contribution in [3.63, 3.8) is 0 Å². The minimum absolute atomic E-state index is 0.251. The van der Waals surface area contributed by atoms with E-state index in [1.807, 2.05) is 0 Å². The van der Waals surface area contributed by atoms with Gasteiger partial charge in [-0.1, -0.05) is 12.1 Å². The van der Waals surface area contributed by atoms with Crippen molar-refractivity contribution in [2.45, 2.75) is 26.0 Å². The third-order valence-electron chi connectivity index (χ3n) is 3.85. The Balaban J connectivity index is 1.92. The largest absolute Gasteiger partial charge is 0.496 e. The average molecular weight is 278 g/mol. The molecule has 1 saturated heterocycles. The first kappa shape index (κ1) is 15.3. The monoisotopic (exact) mass is 278 g/mol. The molecule has 0 radical (unpaired) electrons. The molecule has 1 fully saturated rings. The standard InChI is InChI=1S/C16H26N2O2/c1-12-5-6-15(16(9-12)19-4)13(2)17-10-14-11-18(3)7-8-20-14/h5-6,9,13-14,17H,7-8,10-11H2,1-4H3. The molecular weight excluding hydrogens is 252 g/mol. The summed E-state index contributed by atoms with van der Waals surface area (Å²) >= 11 is 0. The van der Waals surface area contributed by atoms with Gasteiger partial charge < -0.3 is 19.7 Å². The molecule has 1 aliphatic heterocycles. The Kier molecular flexibility index (Phi) is 5.40. The number of nitrogens with zero attached hydrogens (tertiary/aromatic N) is 1. The van der Waals surface area contributed by atoms with Crippen LogP contribution in [0.1, 0.15) is 24.1 Å². The molecule has 4 heteroatoms. The topological polar surface area (TPSA) is 33.7 Å². The Hall–Kier alpha value is -1.10. The van der Waals surface area contributed by atoms with Crippen molar-refractivity contribution >= 4 is 0 Å². The fraction of sp³-hybridized carbons (Fsp3) is 0.625. The van der Waals surface area contributed by atoms with E-state index >= 15 is 0 Å². The Morgan fingerprint density at radius 3 is 3.00 bits per heavy atom. The number of benzene rings is 1. The number of morpholine rings is 1.